The van der Waals surface area contributed by atoms with Crippen molar-refractivity contribution in [3.63, 3.8) is 0 Å². The number of hydrogen-bond acceptors (Lipinski definition) is 2. The average Bonchev–Trinajstić information content (AvgIpc) is 2.38. The summed E-state index contributed by atoms with van der Waals surface area (Å²) >= 11 is 0. The van der Waals surface area contributed by atoms with Gasteiger partial charge in [0.15, 0.2) is 0 Å². The molecule has 106 valence electrons. The molecule has 0 aromatic heterocycles. The average molecular weight is 263 g/mol. The molecule has 19 heavy (non-hydrogen) atoms. The molecule has 2 N–H and O–H groups in total. The van der Waals surface area contributed by atoms with Crippen LogP contribution in [0.4, 0.5) is 4.79 Å². The lowest BCUT2D eigenvalue weighted by molar-refractivity contribution is -0.00276. The van der Waals surface area contributed by atoms with E-state index in [0.717, 1.165) is 0 Å². The maximum Gasteiger partial charge on any atom is 0.318 e. The van der Waals surface area contributed by atoms with E-state index in [-0.39, 0.29) is 6.03 Å². The van der Waals surface area contributed by atoms with Crippen molar-refractivity contribution < 1.29 is 4.79 Å². The lowest BCUT2D eigenvalue weighted by atomic mass is 9.75. The molecule has 4 saturated heterocycles. The SMILES string of the molecule is O=C(NC1CCCCC1)N1C2CC3CC1CC(C2)N3. The van der Waals surface area contributed by atoms with Crippen LogP contribution in [-0.4, -0.2) is 41.1 Å². The molecular formula is C15H25N3O. The third-order valence-electron chi connectivity index (χ3n) is 5.65. The maximum atomic E-state index is 12.6. The maximum absolute atomic E-state index is 12.6. The van der Waals surface area contributed by atoms with E-state index in [1.807, 2.05) is 0 Å². The van der Waals surface area contributed by atoms with Crippen LogP contribution >= 0.6 is 0 Å². The minimum Gasteiger partial charge on any atom is -0.335 e. The molecule has 5 aliphatic rings. The molecule has 1 aliphatic carbocycles. The van der Waals surface area contributed by atoms with Crippen molar-refractivity contribution in [3.8, 4) is 0 Å². The van der Waals surface area contributed by atoms with Crippen LogP contribution in [0.1, 0.15) is 57.8 Å². The largest absolute Gasteiger partial charge is 0.335 e. The molecule has 0 spiro atoms. The molecule has 0 aromatic carbocycles. The van der Waals surface area contributed by atoms with E-state index in [4.69, 9.17) is 0 Å². The zero-order valence-electron chi connectivity index (χ0n) is 11.6. The Labute approximate surface area is 115 Å². The van der Waals surface area contributed by atoms with Gasteiger partial charge in [-0.1, -0.05) is 19.3 Å². The van der Waals surface area contributed by atoms with Gasteiger partial charge in [-0.15, -0.1) is 0 Å². The highest BCUT2D eigenvalue weighted by atomic mass is 16.2. The second-order valence-electron chi connectivity index (χ2n) is 7.00. The van der Waals surface area contributed by atoms with Gasteiger partial charge in [-0.05, 0) is 38.5 Å². The fraction of sp³-hybridized carbons (Fsp3) is 0.933. The Hall–Kier alpha value is -0.770. The highest BCUT2D eigenvalue weighted by Crippen LogP contribution is 2.39. The number of rotatable bonds is 1. The molecule has 0 atom stereocenters. The van der Waals surface area contributed by atoms with Crippen LogP contribution in [0.5, 0.6) is 0 Å². The number of nitrogens with zero attached hydrogens (tertiary/aromatic N) is 1. The van der Waals surface area contributed by atoms with Gasteiger partial charge in [0.2, 0.25) is 0 Å². The normalized spacial score (nSPS) is 41.6. The van der Waals surface area contributed by atoms with Gasteiger partial charge in [-0.3, -0.25) is 0 Å². The van der Waals surface area contributed by atoms with Gasteiger partial charge in [0.05, 0.1) is 0 Å². The van der Waals surface area contributed by atoms with E-state index < -0.39 is 0 Å². The Balaban J connectivity index is 1.42. The third-order valence-corrected chi connectivity index (χ3v) is 5.65. The van der Waals surface area contributed by atoms with Crippen molar-refractivity contribution in [3.05, 3.63) is 0 Å². The van der Waals surface area contributed by atoms with Gasteiger partial charge in [-0.2, -0.15) is 0 Å². The van der Waals surface area contributed by atoms with Crippen molar-refractivity contribution in [2.75, 3.05) is 0 Å². The van der Waals surface area contributed by atoms with Gasteiger partial charge in [0.25, 0.3) is 0 Å². The van der Waals surface area contributed by atoms with E-state index >= 15 is 0 Å². The number of carbonyl (C=O) groups is 1. The van der Waals surface area contributed by atoms with Crippen LogP contribution in [0, 0.1) is 0 Å². The van der Waals surface area contributed by atoms with Crippen LogP contribution in [0.3, 0.4) is 0 Å². The number of amides is 2. The molecule has 1 saturated carbocycles. The Kier molecular flexibility index (Phi) is 2.94. The number of piperidine rings is 4. The van der Waals surface area contributed by atoms with Gasteiger partial charge in [-0.25, -0.2) is 4.79 Å². The topological polar surface area (TPSA) is 44.4 Å². The fourth-order valence-electron chi connectivity index (χ4n) is 4.88. The first-order valence-corrected chi connectivity index (χ1v) is 8.14. The Morgan fingerprint density at radius 1 is 0.947 bits per heavy atom. The van der Waals surface area contributed by atoms with Crippen molar-refractivity contribution in [2.45, 2.75) is 88.0 Å². The van der Waals surface area contributed by atoms with Crippen molar-refractivity contribution in [1.82, 2.24) is 15.5 Å². The fourth-order valence-corrected chi connectivity index (χ4v) is 4.88. The van der Waals surface area contributed by atoms with Crippen molar-refractivity contribution >= 4 is 6.03 Å². The number of carbonyl (C=O) groups excluding carboxylic acids is 1. The summed E-state index contributed by atoms with van der Waals surface area (Å²) in [6, 6.07) is 3.06. The highest BCUT2D eigenvalue weighted by Gasteiger charge is 2.48. The molecule has 2 amide bonds. The van der Waals surface area contributed by atoms with Gasteiger partial charge in [0.1, 0.15) is 0 Å². The molecule has 0 unspecified atom stereocenters. The van der Waals surface area contributed by atoms with E-state index in [2.05, 4.69) is 15.5 Å². The van der Waals surface area contributed by atoms with Crippen LogP contribution < -0.4 is 10.6 Å². The summed E-state index contributed by atoms with van der Waals surface area (Å²) < 4.78 is 0. The standard InChI is InChI=1S/C15H25N3O/c19-15(17-10-4-2-1-3-5-10)18-13-6-11-7-14(18)9-12(8-13)16-11/h10-14,16H,1-9H2,(H,17,19). The zero-order valence-corrected chi connectivity index (χ0v) is 11.6. The molecule has 5 fully saturated rings. The number of nitrogens with one attached hydrogen (secondary N) is 2. The number of hydrogen-bond donors (Lipinski definition) is 2. The summed E-state index contributed by atoms with van der Waals surface area (Å²) in [5.74, 6) is 0. The first-order chi connectivity index (χ1) is 9.29. The molecular weight excluding hydrogens is 238 g/mol. The lowest BCUT2D eigenvalue weighted by Gasteiger charge is -2.56. The summed E-state index contributed by atoms with van der Waals surface area (Å²) in [5, 5.41) is 7.01. The molecule has 4 heterocycles. The summed E-state index contributed by atoms with van der Waals surface area (Å²) in [6.45, 7) is 0. The van der Waals surface area contributed by atoms with Crippen LogP contribution in [0.25, 0.3) is 0 Å². The summed E-state index contributed by atoms with van der Waals surface area (Å²) in [6.07, 6.45) is 11.0. The third kappa shape index (κ3) is 2.14. The Bertz CT molecular complexity index is 336. The summed E-state index contributed by atoms with van der Waals surface area (Å²) in [4.78, 5) is 14.8. The van der Waals surface area contributed by atoms with E-state index in [1.54, 1.807) is 0 Å². The van der Waals surface area contributed by atoms with Crippen LogP contribution in [-0.2, 0) is 0 Å². The smallest absolute Gasteiger partial charge is 0.318 e. The first-order valence-electron chi connectivity index (χ1n) is 8.14. The predicted molar refractivity (Wildman–Crippen MR) is 74.0 cm³/mol. The highest BCUT2D eigenvalue weighted by molar-refractivity contribution is 5.75. The van der Waals surface area contributed by atoms with E-state index in [9.17, 15) is 4.79 Å². The lowest BCUT2D eigenvalue weighted by Crippen LogP contribution is -2.70. The molecule has 0 radical (unpaired) electrons. The molecule has 4 nitrogen and oxygen atoms in total. The summed E-state index contributed by atoms with van der Waals surface area (Å²) in [5.41, 5.74) is 0. The van der Waals surface area contributed by atoms with Crippen molar-refractivity contribution in [2.24, 2.45) is 0 Å². The van der Waals surface area contributed by atoms with Crippen LogP contribution in [0.2, 0.25) is 0 Å². The molecule has 0 aromatic rings. The second kappa shape index (κ2) is 4.65. The predicted octanol–water partition coefficient (Wildman–Crippen LogP) is 2.00. The molecule has 4 bridgehead atoms. The van der Waals surface area contributed by atoms with E-state index in [0.29, 0.717) is 30.2 Å². The van der Waals surface area contributed by atoms with Crippen molar-refractivity contribution in [1.29, 1.82) is 0 Å². The van der Waals surface area contributed by atoms with Crippen LogP contribution in [0.15, 0.2) is 0 Å². The quantitative estimate of drug-likeness (QED) is 0.760. The van der Waals surface area contributed by atoms with Gasteiger partial charge < -0.3 is 15.5 Å². The van der Waals surface area contributed by atoms with Gasteiger partial charge in [0, 0.05) is 30.2 Å². The zero-order chi connectivity index (χ0) is 12.8. The number of urea groups is 1. The molecule has 5 rings (SSSR count). The first kappa shape index (κ1) is 12.0. The Morgan fingerprint density at radius 3 is 2.11 bits per heavy atom. The molecule has 4 heteroatoms. The summed E-state index contributed by atoms with van der Waals surface area (Å²) in [7, 11) is 0. The Morgan fingerprint density at radius 2 is 1.53 bits per heavy atom. The molecule has 4 aliphatic heterocycles. The monoisotopic (exact) mass is 263 g/mol. The second-order valence-corrected chi connectivity index (χ2v) is 7.00. The minimum atomic E-state index is 0.237. The van der Waals surface area contributed by atoms with Gasteiger partial charge >= 0.3 is 6.03 Å². The minimum absolute atomic E-state index is 0.237. The van der Waals surface area contributed by atoms with E-state index in [1.165, 1.54) is 57.8 Å².